The van der Waals surface area contributed by atoms with Crippen LogP contribution in [0.3, 0.4) is 0 Å². The summed E-state index contributed by atoms with van der Waals surface area (Å²) < 4.78 is 16.9. The summed E-state index contributed by atoms with van der Waals surface area (Å²) >= 11 is 0. The number of unbranched alkanes of at least 4 members (excludes halogenated alkanes) is 33. The fourth-order valence-electron chi connectivity index (χ4n) is 8.51. The predicted octanol–water partition coefficient (Wildman–Crippen LogP) is 20.0. The van der Waals surface area contributed by atoms with E-state index in [2.05, 4.69) is 81.5 Å². The zero-order valence-electron chi connectivity index (χ0n) is 45.8. The van der Waals surface area contributed by atoms with Crippen LogP contribution in [0.4, 0.5) is 0 Å². The van der Waals surface area contributed by atoms with Crippen LogP contribution < -0.4 is 0 Å². The molecule has 0 aromatic carbocycles. The molecule has 0 saturated heterocycles. The van der Waals surface area contributed by atoms with Gasteiger partial charge in [-0.05, 0) is 103 Å². The maximum atomic E-state index is 12.9. The van der Waals surface area contributed by atoms with Gasteiger partial charge in [-0.2, -0.15) is 0 Å². The lowest BCUT2D eigenvalue weighted by atomic mass is 10.1. The molecule has 1 unspecified atom stereocenters. The smallest absolute Gasteiger partial charge is 0.306 e. The van der Waals surface area contributed by atoms with Gasteiger partial charge in [-0.15, -0.1) is 0 Å². The first-order chi connectivity index (χ1) is 34.0. The number of esters is 3. The fraction of sp³-hybridized carbons (Fsp3) is 0.794. The van der Waals surface area contributed by atoms with E-state index >= 15 is 0 Å². The standard InChI is InChI=1S/C63H112O6/c1-4-7-10-13-16-19-22-25-28-31-32-33-36-38-41-44-47-50-53-56-62(65)68-59-60(69-63(66)57-54-51-48-45-42-39-35-30-27-24-21-18-15-12-9-6-3)58-67-61(64)55-52-49-46-43-40-37-34-29-26-23-20-17-14-11-8-5-2/h9,12,18,21,27,29-32,34,60H,4-8,10-11,13-17,19-20,22-26,28,33,35-59H2,1-3H3/b12-9-,21-18-,30-27-,32-31-,34-29-. The Hall–Kier alpha value is -2.89. The molecule has 0 bridgehead atoms. The monoisotopic (exact) mass is 965 g/mol. The minimum atomic E-state index is -0.786. The Kier molecular flexibility index (Phi) is 55.3. The molecule has 0 aromatic rings. The highest BCUT2D eigenvalue weighted by molar-refractivity contribution is 5.71. The number of carbonyl (C=O) groups is 3. The summed E-state index contributed by atoms with van der Waals surface area (Å²) in [6.07, 6.45) is 72.1. The summed E-state index contributed by atoms with van der Waals surface area (Å²) in [5.74, 6) is -0.897. The van der Waals surface area contributed by atoms with Crippen LogP contribution in [0.25, 0.3) is 0 Å². The fourth-order valence-corrected chi connectivity index (χ4v) is 8.51. The zero-order chi connectivity index (χ0) is 50.0. The lowest BCUT2D eigenvalue weighted by molar-refractivity contribution is -0.167. The molecule has 0 rings (SSSR count). The first-order valence-electron chi connectivity index (χ1n) is 29.8. The maximum Gasteiger partial charge on any atom is 0.306 e. The van der Waals surface area contributed by atoms with Gasteiger partial charge in [0.1, 0.15) is 13.2 Å². The molecule has 0 aliphatic heterocycles. The number of rotatable bonds is 54. The predicted molar refractivity (Wildman–Crippen MR) is 298 cm³/mol. The van der Waals surface area contributed by atoms with Crippen molar-refractivity contribution in [2.24, 2.45) is 0 Å². The van der Waals surface area contributed by atoms with Gasteiger partial charge in [-0.25, -0.2) is 0 Å². The van der Waals surface area contributed by atoms with Crippen LogP contribution in [-0.4, -0.2) is 37.2 Å². The van der Waals surface area contributed by atoms with E-state index in [1.54, 1.807) is 0 Å². The number of ether oxygens (including phenoxy) is 3. The molecule has 400 valence electrons. The summed E-state index contributed by atoms with van der Waals surface area (Å²) in [6.45, 7) is 6.54. The molecular formula is C63H112O6. The molecule has 1 atom stereocenters. The van der Waals surface area contributed by atoms with E-state index in [1.165, 1.54) is 167 Å². The van der Waals surface area contributed by atoms with Crippen molar-refractivity contribution >= 4 is 17.9 Å². The van der Waals surface area contributed by atoms with Crippen molar-refractivity contribution in [1.82, 2.24) is 0 Å². The average molecular weight is 966 g/mol. The molecule has 0 fully saturated rings. The molecule has 0 aliphatic carbocycles. The molecule has 0 N–H and O–H groups in total. The van der Waals surface area contributed by atoms with Crippen molar-refractivity contribution in [1.29, 1.82) is 0 Å². The average Bonchev–Trinajstić information content (AvgIpc) is 3.35. The normalized spacial score (nSPS) is 12.4. The van der Waals surface area contributed by atoms with Gasteiger partial charge in [-0.3, -0.25) is 14.4 Å². The second-order valence-corrected chi connectivity index (χ2v) is 19.9. The van der Waals surface area contributed by atoms with Gasteiger partial charge < -0.3 is 14.2 Å². The van der Waals surface area contributed by atoms with Crippen molar-refractivity contribution in [2.75, 3.05) is 13.2 Å². The Labute approximate surface area is 428 Å². The molecule has 0 saturated carbocycles. The molecule has 0 heterocycles. The van der Waals surface area contributed by atoms with Crippen LogP contribution in [0.5, 0.6) is 0 Å². The Morgan fingerprint density at radius 3 is 0.899 bits per heavy atom. The second-order valence-electron chi connectivity index (χ2n) is 19.9. The van der Waals surface area contributed by atoms with Gasteiger partial charge in [-0.1, -0.05) is 242 Å². The van der Waals surface area contributed by atoms with E-state index in [4.69, 9.17) is 14.2 Å². The minimum absolute atomic E-state index is 0.0834. The largest absolute Gasteiger partial charge is 0.462 e. The summed E-state index contributed by atoms with van der Waals surface area (Å²) in [5.41, 5.74) is 0. The summed E-state index contributed by atoms with van der Waals surface area (Å²) in [5, 5.41) is 0. The SMILES string of the molecule is CC/C=C\C/C=C\C/C=C\CCCCCCCCC(=O)OC(COC(=O)CCCCCCC/C=C\CCCCCCCCC)COC(=O)CCCCCCCCC/C=C\CCCCCCCCCC. The van der Waals surface area contributed by atoms with Crippen molar-refractivity contribution in [2.45, 2.75) is 309 Å². The molecule has 0 amide bonds. The third-order valence-electron chi connectivity index (χ3n) is 13.0. The van der Waals surface area contributed by atoms with Gasteiger partial charge in [0.2, 0.25) is 0 Å². The Bertz CT molecular complexity index is 1250. The molecular weight excluding hydrogens is 853 g/mol. The van der Waals surface area contributed by atoms with Crippen LogP contribution >= 0.6 is 0 Å². The molecule has 6 heteroatoms. The first-order valence-corrected chi connectivity index (χ1v) is 29.8. The lowest BCUT2D eigenvalue weighted by Gasteiger charge is -2.18. The first kappa shape index (κ1) is 66.1. The quantitative estimate of drug-likeness (QED) is 0.0262. The van der Waals surface area contributed by atoms with Crippen molar-refractivity contribution in [3.8, 4) is 0 Å². The van der Waals surface area contributed by atoms with Gasteiger partial charge in [0.05, 0.1) is 0 Å². The third-order valence-corrected chi connectivity index (χ3v) is 13.0. The molecule has 0 aromatic heterocycles. The molecule has 69 heavy (non-hydrogen) atoms. The van der Waals surface area contributed by atoms with Crippen molar-refractivity contribution in [3.63, 3.8) is 0 Å². The Morgan fingerprint density at radius 1 is 0.304 bits per heavy atom. The molecule has 0 aliphatic rings. The van der Waals surface area contributed by atoms with Gasteiger partial charge in [0, 0.05) is 19.3 Å². The van der Waals surface area contributed by atoms with Crippen LogP contribution in [-0.2, 0) is 28.6 Å². The summed E-state index contributed by atoms with van der Waals surface area (Å²) in [6, 6.07) is 0. The Morgan fingerprint density at radius 2 is 0.565 bits per heavy atom. The summed E-state index contributed by atoms with van der Waals surface area (Å²) in [4.78, 5) is 38.2. The maximum absolute atomic E-state index is 12.9. The lowest BCUT2D eigenvalue weighted by Crippen LogP contribution is -2.30. The highest BCUT2D eigenvalue weighted by Gasteiger charge is 2.19. The number of carbonyl (C=O) groups excluding carboxylic acids is 3. The Balaban J connectivity index is 4.39. The number of allylic oxidation sites excluding steroid dienone is 10. The molecule has 6 nitrogen and oxygen atoms in total. The van der Waals surface area contributed by atoms with E-state index in [0.717, 1.165) is 96.3 Å². The van der Waals surface area contributed by atoms with Gasteiger partial charge in [0.25, 0.3) is 0 Å². The number of hydrogen-bond donors (Lipinski definition) is 0. The van der Waals surface area contributed by atoms with Gasteiger partial charge in [0.15, 0.2) is 6.10 Å². The zero-order valence-corrected chi connectivity index (χ0v) is 45.8. The molecule has 0 radical (unpaired) electrons. The number of hydrogen-bond acceptors (Lipinski definition) is 6. The van der Waals surface area contributed by atoms with Crippen LogP contribution in [0, 0.1) is 0 Å². The highest BCUT2D eigenvalue weighted by Crippen LogP contribution is 2.15. The van der Waals surface area contributed by atoms with Crippen LogP contribution in [0.15, 0.2) is 60.8 Å². The van der Waals surface area contributed by atoms with Crippen LogP contribution in [0.2, 0.25) is 0 Å². The van der Waals surface area contributed by atoms with Crippen molar-refractivity contribution < 1.29 is 28.6 Å². The minimum Gasteiger partial charge on any atom is -0.462 e. The van der Waals surface area contributed by atoms with E-state index in [1.807, 2.05) is 0 Å². The van der Waals surface area contributed by atoms with E-state index < -0.39 is 6.10 Å². The van der Waals surface area contributed by atoms with E-state index in [9.17, 15) is 14.4 Å². The van der Waals surface area contributed by atoms with E-state index in [0.29, 0.717) is 19.3 Å². The van der Waals surface area contributed by atoms with E-state index in [-0.39, 0.29) is 31.1 Å². The second kappa shape index (κ2) is 57.7. The van der Waals surface area contributed by atoms with Crippen LogP contribution in [0.1, 0.15) is 303 Å². The summed E-state index contributed by atoms with van der Waals surface area (Å²) in [7, 11) is 0. The molecule has 0 spiro atoms. The topological polar surface area (TPSA) is 78.9 Å². The van der Waals surface area contributed by atoms with Crippen molar-refractivity contribution in [3.05, 3.63) is 60.8 Å². The highest BCUT2D eigenvalue weighted by atomic mass is 16.6. The van der Waals surface area contributed by atoms with Gasteiger partial charge >= 0.3 is 17.9 Å². The third kappa shape index (κ3) is 55.9.